The summed E-state index contributed by atoms with van der Waals surface area (Å²) in [6.45, 7) is 0. The van der Waals surface area contributed by atoms with Gasteiger partial charge in [-0.2, -0.15) is 13.2 Å². The van der Waals surface area contributed by atoms with Crippen molar-refractivity contribution >= 4 is 11.5 Å². The van der Waals surface area contributed by atoms with Crippen molar-refractivity contribution in [1.82, 2.24) is 0 Å². The smallest absolute Gasteiger partial charge is 0.277 e. The van der Waals surface area contributed by atoms with Crippen LogP contribution in [0.25, 0.3) is 0 Å². The first-order valence-corrected chi connectivity index (χ1v) is 6.25. The van der Waals surface area contributed by atoms with Crippen LogP contribution >= 0.6 is 0 Å². The van der Waals surface area contributed by atoms with E-state index in [4.69, 9.17) is 0 Å². The first kappa shape index (κ1) is 15.9. The van der Waals surface area contributed by atoms with Crippen LogP contribution < -0.4 is 10.3 Å². The van der Waals surface area contributed by atoms with Gasteiger partial charge in [-0.15, -0.1) is 0 Å². The molecule has 116 valence electrons. The molecule has 0 aliphatic carbocycles. The van der Waals surface area contributed by atoms with Crippen LogP contribution in [0.2, 0.25) is 0 Å². The number of rotatable bonds is 2. The van der Waals surface area contributed by atoms with Gasteiger partial charge in [0.25, 0.3) is 5.84 Å². The molecule has 0 radical (unpaired) electrons. The molecular weight excluding hydrogens is 303 g/mol. The van der Waals surface area contributed by atoms with Gasteiger partial charge in [-0.1, -0.05) is 6.07 Å². The zero-order valence-electron chi connectivity index (χ0n) is 11.4. The van der Waals surface area contributed by atoms with E-state index in [1.54, 1.807) is 0 Å². The van der Waals surface area contributed by atoms with Gasteiger partial charge in [0.05, 0.1) is 18.2 Å². The normalized spacial score (nSPS) is 12.4. The highest BCUT2D eigenvalue weighted by Gasteiger charge is 2.31. The van der Waals surface area contributed by atoms with Gasteiger partial charge in [-0.25, -0.2) is 14.1 Å². The van der Waals surface area contributed by atoms with Crippen LogP contribution in [-0.2, 0) is 6.18 Å². The molecule has 0 saturated carbocycles. The van der Waals surface area contributed by atoms with Gasteiger partial charge in [-0.3, -0.25) is 4.99 Å². The van der Waals surface area contributed by atoms with Gasteiger partial charge >= 0.3 is 6.18 Å². The number of alkyl halides is 3. The molecule has 0 aromatic heterocycles. The van der Waals surface area contributed by atoms with Crippen molar-refractivity contribution in [2.45, 2.75) is 6.18 Å². The van der Waals surface area contributed by atoms with Crippen LogP contribution in [0.5, 0.6) is 0 Å². The molecule has 0 bridgehead atoms. The molecule has 0 amide bonds. The van der Waals surface area contributed by atoms with Crippen LogP contribution in [0.4, 0.5) is 27.6 Å². The maximum Gasteiger partial charge on any atom is 0.416 e. The average molecular weight is 315 g/mol. The minimum atomic E-state index is -4.48. The molecule has 0 unspecified atom stereocenters. The lowest BCUT2D eigenvalue weighted by Crippen LogP contribution is -2.70. The van der Waals surface area contributed by atoms with Gasteiger partial charge in [0.1, 0.15) is 5.82 Å². The summed E-state index contributed by atoms with van der Waals surface area (Å²) in [5.41, 5.74) is -0.677. The zero-order valence-corrected chi connectivity index (χ0v) is 11.4. The van der Waals surface area contributed by atoms with Gasteiger partial charge < -0.3 is 0 Å². The highest BCUT2D eigenvalue weighted by atomic mass is 19.4. The lowest BCUT2D eigenvalue weighted by atomic mass is 10.1. The molecule has 22 heavy (non-hydrogen) atoms. The molecule has 2 rings (SSSR count). The number of nitrogens with one attached hydrogen (secondary N) is 2. The average Bonchev–Trinajstić information content (AvgIpc) is 2.46. The molecule has 2 aromatic carbocycles. The topological polar surface area (TPSA) is 26.0 Å². The van der Waals surface area contributed by atoms with Crippen molar-refractivity contribution in [3.05, 3.63) is 65.2 Å². The number of anilines is 1. The first-order chi connectivity index (χ1) is 10.3. The van der Waals surface area contributed by atoms with E-state index in [0.29, 0.717) is 6.07 Å². The third-order valence-corrected chi connectivity index (χ3v) is 2.92. The second-order valence-electron chi connectivity index (χ2n) is 4.45. The number of halogens is 5. The summed E-state index contributed by atoms with van der Waals surface area (Å²) in [6, 6.07) is 7.45. The highest BCUT2D eigenvalue weighted by Crippen LogP contribution is 2.29. The van der Waals surface area contributed by atoms with Crippen LogP contribution in [0, 0.1) is 11.6 Å². The van der Waals surface area contributed by atoms with Crippen LogP contribution in [0.1, 0.15) is 11.1 Å². The van der Waals surface area contributed by atoms with Gasteiger partial charge in [0.2, 0.25) is 0 Å². The Morgan fingerprint density at radius 1 is 1.05 bits per heavy atom. The molecular formula is C15H12F5N2+. The van der Waals surface area contributed by atoms with E-state index in [0.717, 1.165) is 24.3 Å². The number of benzene rings is 2. The maximum absolute atomic E-state index is 13.6. The van der Waals surface area contributed by atoms with Gasteiger partial charge in [-0.05, 0) is 30.3 Å². The molecule has 0 saturated heterocycles. The second-order valence-corrected chi connectivity index (χ2v) is 4.45. The van der Waals surface area contributed by atoms with Crippen molar-refractivity contribution in [2.24, 2.45) is 0 Å². The summed E-state index contributed by atoms with van der Waals surface area (Å²) in [7, 11) is 1.48. The molecule has 0 aliphatic rings. The Balaban J connectivity index is 2.33. The Morgan fingerprint density at radius 2 is 1.77 bits per heavy atom. The molecule has 0 fully saturated rings. The van der Waals surface area contributed by atoms with Crippen LogP contribution in [0.3, 0.4) is 0 Å². The molecule has 2 N–H and O–H groups in total. The molecule has 0 heterocycles. The Kier molecular flexibility index (Phi) is 4.44. The van der Waals surface area contributed by atoms with Crippen molar-refractivity contribution in [3.8, 4) is 0 Å². The number of hydrogen-bond acceptors (Lipinski definition) is 0. The summed E-state index contributed by atoms with van der Waals surface area (Å²) in [5, 5.41) is 2.62. The van der Waals surface area contributed by atoms with E-state index in [2.05, 4.69) is 10.3 Å². The largest absolute Gasteiger partial charge is 0.416 e. The standard InChI is InChI=1S/C15H11F5N2/c1-21-14(22-13-6-5-11(16)8-12(13)17)9-3-2-4-10(7-9)15(18,19)20/h2-8H,1H3,(H,21,22)/p+1. The monoisotopic (exact) mass is 315 g/mol. The lowest BCUT2D eigenvalue weighted by Gasteiger charge is -2.08. The minimum Gasteiger partial charge on any atom is -0.277 e. The predicted octanol–water partition coefficient (Wildman–Crippen LogP) is 2.55. The molecule has 0 aliphatic heterocycles. The second kappa shape index (κ2) is 6.13. The fourth-order valence-corrected chi connectivity index (χ4v) is 1.86. The zero-order chi connectivity index (χ0) is 16.3. The third-order valence-electron chi connectivity index (χ3n) is 2.92. The van der Waals surface area contributed by atoms with E-state index in [9.17, 15) is 22.0 Å². The predicted molar refractivity (Wildman–Crippen MR) is 72.4 cm³/mol. The Bertz CT molecular complexity index is 707. The fourth-order valence-electron chi connectivity index (χ4n) is 1.86. The summed E-state index contributed by atoms with van der Waals surface area (Å²) in [6.07, 6.45) is -4.48. The summed E-state index contributed by atoms with van der Waals surface area (Å²) in [5.74, 6) is -1.43. The third kappa shape index (κ3) is 3.60. The van der Waals surface area contributed by atoms with Crippen molar-refractivity contribution < 1.29 is 26.9 Å². The Morgan fingerprint density at radius 3 is 2.36 bits per heavy atom. The van der Waals surface area contributed by atoms with Crippen molar-refractivity contribution in [1.29, 1.82) is 0 Å². The van der Waals surface area contributed by atoms with E-state index < -0.39 is 23.4 Å². The minimum absolute atomic E-state index is 0.0526. The van der Waals surface area contributed by atoms with E-state index >= 15 is 0 Å². The quantitative estimate of drug-likeness (QED) is 0.497. The van der Waals surface area contributed by atoms with E-state index in [-0.39, 0.29) is 17.1 Å². The summed E-state index contributed by atoms with van der Waals surface area (Å²) in [4.78, 5) is 2.67. The van der Waals surface area contributed by atoms with Crippen LogP contribution in [-0.4, -0.2) is 12.9 Å². The molecule has 0 spiro atoms. The Hall–Kier alpha value is -2.44. The molecule has 0 atom stereocenters. The molecule has 2 aromatic rings. The highest BCUT2D eigenvalue weighted by molar-refractivity contribution is 6.04. The fraction of sp³-hybridized carbons (Fsp3) is 0.133. The van der Waals surface area contributed by atoms with Crippen LogP contribution in [0.15, 0.2) is 42.5 Å². The molecule has 2 nitrogen and oxygen atoms in total. The van der Waals surface area contributed by atoms with Gasteiger partial charge in [0.15, 0.2) is 11.5 Å². The van der Waals surface area contributed by atoms with Crippen molar-refractivity contribution in [2.75, 3.05) is 12.4 Å². The summed E-state index contributed by atoms with van der Waals surface area (Å²) >= 11 is 0. The molecule has 7 heteroatoms. The van der Waals surface area contributed by atoms with Crippen molar-refractivity contribution in [3.63, 3.8) is 0 Å². The Labute approximate surface area is 123 Å². The number of amidine groups is 1. The van der Waals surface area contributed by atoms with Gasteiger partial charge in [0, 0.05) is 6.07 Å². The first-order valence-electron chi connectivity index (χ1n) is 6.25. The number of hydrogen-bond donors (Lipinski definition) is 2. The lowest BCUT2D eigenvalue weighted by molar-refractivity contribution is -0.419. The van der Waals surface area contributed by atoms with E-state index in [1.807, 2.05) is 0 Å². The SMILES string of the molecule is C[NH+]=C(Nc1ccc(F)cc1F)c1cccc(C(F)(F)F)c1. The summed E-state index contributed by atoms with van der Waals surface area (Å²) < 4.78 is 64.6. The maximum atomic E-state index is 13.6. The van der Waals surface area contributed by atoms with E-state index in [1.165, 1.54) is 19.2 Å².